The molecular formula is C12H13NO3. The molecule has 1 aromatic rings. The van der Waals surface area contributed by atoms with Crippen LogP contribution in [0.25, 0.3) is 0 Å². The van der Waals surface area contributed by atoms with E-state index in [-0.39, 0.29) is 17.9 Å². The van der Waals surface area contributed by atoms with Crippen LogP contribution in [-0.4, -0.2) is 19.0 Å². The molecule has 0 saturated carbocycles. The van der Waals surface area contributed by atoms with Crippen LogP contribution in [0.3, 0.4) is 0 Å². The van der Waals surface area contributed by atoms with Gasteiger partial charge in [0.1, 0.15) is 0 Å². The van der Waals surface area contributed by atoms with Crippen molar-refractivity contribution in [3.05, 3.63) is 35.4 Å². The van der Waals surface area contributed by atoms with Gasteiger partial charge >= 0.3 is 5.97 Å². The Labute approximate surface area is 93.6 Å². The van der Waals surface area contributed by atoms with Gasteiger partial charge in [0, 0.05) is 6.42 Å². The molecule has 1 saturated heterocycles. The fraction of sp³-hybridized carbons (Fsp3) is 0.333. The molecule has 84 valence electrons. The normalized spacial score (nSPS) is 19.3. The topological polar surface area (TPSA) is 55.4 Å². The van der Waals surface area contributed by atoms with Crippen LogP contribution in [0.4, 0.5) is 0 Å². The van der Waals surface area contributed by atoms with Gasteiger partial charge < -0.3 is 10.1 Å². The molecule has 0 bridgehead atoms. The highest BCUT2D eigenvalue weighted by Crippen LogP contribution is 2.23. The molecule has 0 spiro atoms. The second-order valence-corrected chi connectivity index (χ2v) is 3.77. The Hall–Kier alpha value is -1.84. The average Bonchev–Trinajstić information content (AvgIpc) is 2.75. The zero-order valence-corrected chi connectivity index (χ0v) is 9.03. The largest absolute Gasteiger partial charge is 0.465 e. The van der Waals surface area contributed by atoms with Crippen molar-refractivity contribution in [3.8, 4) is 0 Å². The number of hydrogen-bond acceptors (Lipinski definition) is 3. The standard InChI is InChI=1S/C12H13NO3/c1-16-12(15)9-4-2-8(3-5-9)10-6-7-11(14)13-10/h2-5,10H,6-7H2,1H3,(H,13,14). The van der Waals surface area contributed by atoms with E-state index in [4.69, 9.17) is 0 Å². The third-order valence-electron chi connectivity index (χ3n) is 2.73. The molecule has 1 aliphatic heterocycles. The lowest BCUT2D eigenvalue weighted by atomic mass is 10.0. The summed E-state index contributed by atoms with van der Waals surface area (Å²) >= 11 is 0. The lowest BCUT2D eigenvalue weighted by Crippen LogP contribution is -2.18. The number of carbonyl (C=O) groups excluding carboxylic acids is 2. The molecule has 1 N–H and O–H groups in total. The van der Waals surface area contributed by atoms with Crippen molar-refractivity contribution in [1.82, 2.24) is 5.32 Å². The summed E-state index contributed by atoms with van der Waals surface area (Å²) in [5.41, 5.74) is 1.55. The Morgan fingerprint density at radius 3 is 2.56 bits per heavy atom. The first kappa shape index (κ1) is 10.7. The average molecular weight is 219 g/mol. The summed E-state index contributed by atoms with van der Waals surface area (Å²) in [7, 11) is 1.35. The zero-order chi connectivity index (χ0) is 11.5. The SMILES string of the molecule is COC(=O)c1ccc(C2CCC(=O)N2)cc1. The van der Waals surface area contributed by atoms with Gasteiger partial charge in [0.2, 0.25) is 5.91 Å². The van der Waals surface area contributed by atoms with E-state index in [0.717, 1.165) is 12.0 Å². The maximum absolute atomic E-state index is 11.2. The van der Waals surface area contributed by atoms with Crippen molar-refractivity contribution in [3.63, 3.8) is 0 Å². The third-order valence-corrected chi connectivity index (χ3v) is 2.73. The predicted octanol–water partition coefficient (Wildman–Crippen LogP) is 1.42. The zero-order valence-electron chi connectivity index (χ0n) is 9.03. The van der Waals surface area contributed by atoms with Crippen molar-refractivity contribution >= 4 is 11.9 Å². The Morgan fingerprint density at radius 2 is 2.06 bits per heavy atom. The van der Waals surface area contributed by atoms with Gasteiger partial charge in [0.05, 0.1) is 18.7 Å². The van der Waals surface area contributed by atoms with Gasteiger partial charge in [-0.05, 0) is 24.1 Å². The summed E-state index contributed by atoms with van der Waals surface area (Å²) in [4.78, 5) is 22.3. The van der Waals surface area contributed by atoms with Crippen molar-refractivity contribution < 1.29 is 14.3 Å². The summed E-state index contributed by atoms with van der Waals surface area (Å²) < 4.78 is 4.61. The van der Waals surface area contributed by atoms with E-state index in [0.29, 0.717) is 12.0 Å². The molecule has 1 aliphatic rings. The molecule has 4 nitrogen and oxygen atoms in total. The number of esters is 1. The highest BCUT2D eigenvalue weighted by Gasteiger charge is 2.22. The second kappa shape index (κ2) is 4.35. The van der Waals surface area contributed by atoms with E-state index in [1.54, 1.807) is 12.1 Å². The molecule has 0 radical (unpaired) electrons. The Balaban J connectivity index is 2.13. The molecule has 1 aromatic carbocycles. The molecule has 1 amide bonds. The quantitative estimate of drug-likeness (QED) is 0.765. The minimum Gasteiger partial charge on any atom is -0.465 e. The van der Waals surface area contributed by atoms with Crippen LogP contribution in [0.15, 0.2) is 24.3 Å². The Kier molecular flexibility index (Phi) is 2.90. The van der Waals surface area contributed by atoms with E-state index in [1.165, 1.54) is 7.11 Å². The summed E-state index contributed by atoms with van der Waals surface area (Å²) in [6, 6.07) is 7.21. The van der Waals surface area contributed by atoms with Crippen molar-refractivity contribution in [2.75, 3.05) is 7.11 Å². The van der Waals surface area contributed by atoms with Gasteiger partial charge in [-0.15, -0.1) is 0 Å². The molecule has 0 aliphatic carbocycles. The van der Waals surface area contributed by atoms with E-state index in [1.807, 2.05) is 12.1 Å². The number of nitrogens with one attached hydrogen (secondary N) is 1. The lowest BCUT2D eigenvalue weighted by Gasteiger charge is -2.10. The van der Waals surface area contributed by atoms with Gasteiger partial charge in [0.25, 0.3) is 0 Å². The predicted molar refractivity (Wildman–Crippen MR) is 57.9 cm³/mol. The first-order chi connectivity index (χ1) is 7.70. The second-order valence-electron chi connectivity index (χ2n) is 3.77. The maximum Gasteiger partial charge on any atom is 0.337 e. The van der Waals surface area contributed by atoms with Gasteiger partial charge in [0.15, 0.2) is 0 Å². The highest BCUT2D eigenvalue weighted by molar-refractivity contribution is 5.89. The molecule has 16 heavy (non-hydrogen) atoms. The number of benzene rings is 1. The van der Waals surface area contributed by atoms with Crippen LogP contribution in [0.2, 0.25) is 0 Å². The van der Waals surface area contributed by atoms with E-state index in [9.17, 15) is 9.59 Å². The number of methoxy groups -OCH3 is 1. The molecule has 1 atom stereocenters. The molecule has 1 heterocycles. The number of hydrogen-bond donors (Lipinski definition) is 1. The third kappa shape index (κ3) is 2.05. The number of amides is 1. The van der Waals surface area contributed by atoms with Gasteiger partial charge in [-0.25, -0.2) is 4.79 Å². The van der Waals surface area contributed by atoms with E-state index < -0.39 is 0 Å². The van der Waals surface area contributed by atoms with Crippen LogP contribution < -0.4 is 5.32 Å². The van der Waals surface area contributed by atoms with Crippen LogP contribution in [-0.2, 0) is 9.53 Å². The minimum absolute atomic E-state index is 0.0826. The molecule has 2 rings (SSSR count). The van der Waals surface area contributed by atoms with Crippen LogP contribution in [0, 0.1) is 0 Å². The van der Waals surface area contributed by atoms with Crippen LogP contribution >= 0.6 is 0 Å². The van der Waals surface area contributed by atoms with Gasteiger partial charge in [-0.2, -0.15) is 0 Å². The molecule has 0 aromatic heterocycles. The fourth-order valence-electron chi connectivity index (χ4n) is 1.83. The first-order valence-electron chi connectivity index (χ1n) is 5.18. The molecule has 4 heteroatoms. The van der Waals surface area contributed by atoms with E-state index >= 15 is 0 Å². The monoisotopic (exact) mass is 219 g/mol. The maximum atomic E-state index is 11.2. The van der Waals surface area contributed by atoms with Crippen LogP contribution in [0.1, 0.15) is 34.8 Å². The molecule has 1 unspecified atom stereocenters. The summed E-state index contributed by atoms with van der Waals surface area (Å²) in [5.74, 6) is -0.260. The lowest BCUT2D eigenvalue weighted by molar-refractivity contribution is -0.119. The van der Waals surface area contributed by atoms with Crippen molar-refractivity contribution in [2.45, 2.75) is 18.9 Å². The first-order valence-corrected chi connectivity index (χ1v) is 5.18. The summed E-state index contributed by atoms with van der Waals surface area (Å²) in [5, 5.41) is 2.88. The number of ether oxygens (including phenoxy) is 1. The molecule has 1 fully saturated rings. The summed E-state index contributed by atoms with van der Waals surface area (Å²) in [6.07, 6.45) is 1.39. The van der Waals surface area contributed by atoms with Crippen molar-refractivity contribution in [1.29, 1.82) is 0 Å². The minimum atomic E-state index is -0.345. The fourth-order valence-corrected chi connectivity index (χ4v) is 1.83. The van der Waals surface area contributed by atoms with Crippen molar-refractivity contribution in [2.24, 2.45) is 0 Å². The van der Waals surface area contributed by atoms with E-state index in [2.05, 4.69) is 10.1 Å². The molecular weight excluding hydrogens is 206 g/mol. The highest BCUT2D eigenvalue weighted by atomic mass is 16.5. The van der Waals surface area contributed by atoms with Crippen LogP contribution in [0.5, 0.6) is 0 Å². The number of rotatable bonds is 2. The van der Waals surface area contributed by atoms with Gasteiger partial charge in [-0.3, -0.25) is 4.79 Å². The number of carbonyl (C=O) groups is 2. The summed E-state index contributed by atoms with van der Waals surface area (Å²) in [6.45, 7) is 0. The Morgan fingerprint density at radius 1 is 1.38 bits per heavy atom. The smallest absolute Gasteiger partial charge is 0.337 e. The Bertz CT molecular complexity index is 411. The van der Waals surface area contributed by atoms with Gasteiger partial charge in [-0.1, -0.05) is 12.1 Å².